The molecule has 0 aliphatic carbocycles. The van der Waals surface area contributed by atoms with Gasteiger partial charge in [-0.05, 0) is 55.7 Å². The van der Waals surface area contributed by atoms with Gasteiger partial charge in [0.05, 0.1) is 17.0 Å². The molecule has 1 aromatic heterocycles. The van der Waals surface area contributed by atoms with Gasteiger partial charge in [-0.3, -0.25) is 14.8 Å². The quantitative estimate of drug-likeness (QED) is 0.876. The number of fused-ring (bicyclic) bond motifs is 1. The van der Waals surface area contributed by atoms with Crippen LogP contribution in [-0.2, 0) is 4.79 Å². The van der Waals surface area contributed by atoms with E-state index in [0.29, 0.717) is 16.6 Å². The number of carbonyl (C=O) groups excluding carboxylic acids is 1. The van der Waals surface area contributed by atoms with Crippen LogP contribution in [0.5, 0.6) is 0 Å². The predicted molar refractivity (Wildman–Crippen MR) is 96.3 cm³/mol. The van der Waals surface area contributed by atoms with E-state index in [1.54, 1.807) is 6.20 Å². The third-order valence-corrected chi connectivity index (χ3v) is 4.33. The average molecular weight is 326 g/mol. The summed E-state index contributed by atoms with van der Waals surface area (Å²) < 4.78 is 0. The Morgan fingerprint density at radius 2 is 2.22 bits per heavy atom. The molecule has 0 atom stereocenters. The summed E-state index contributed by atoms with van der Waals surface area (Å²) in [6.45, 7) is 1.53. The Balaban J connectivity index is 1.77. The Kier molecular flexibility index (Phi) is 4.73. The van der Waals surface area contributed by atoms with Crippen LogP contribution < -0.4 is 5.32 Å². The number of carbonyl (C=O) groups is 1. The maximum atomic E-state index is 12.0. The van der Waals surface area contributed by atoms with Gasteiger partial charge in [0.1, 0.15) is 0 Å². The van der Waals surface area contributed by atoms with E-state index >= 15 is 0 Å². The van der Waals surface area contributed by atoms with Crippen LogP contribution in [0.4, 0.5) is 0 Å². The SMILES string of the molecule is CN(C)CC/N=C1/NC(=O)/C(=C/c2ccc3ncccc3c2)S1. The van der Waals surface area contributed by atoms with Crippen LogP contribution in [-0.4, -0.2) is 48.1 Å². The molecular weight excluding hydrogens is 308 g/mol. The van der Waals surface area contributed by atoms with E-state index in [0.717, 1.165) is 23.0 Å². The number of hydrogen-bond donors (Lipinski definition) is 1. The molecule has 1 aliphatic rings. The third kappa shape index (κ3) is 3.97. The van der Waals surface area contributed by atoms with Gasteiger partial charge in [-0.2, -0.15) is 0 Å². The molecule has 0 spiro atoms. The molecule has 2 aromatic rings. The highest BCUT2D eigenvalue weighted by molar-refractivity contribution is 8.18. The van der Waals surface area contributed by atoms with E-state index in [9.17, 15) is 4.79 Å². The van der Waals surface area contributed by atoms with Crippen molar-refractivity contribution in [1.82, 2.24) is 15.2 Å². The highest BCUT2D eigenvalue weighted by Gasteiger charge is 2.23. The minimum Gasteiger partial charge on any atom is -0.308 e. The van der Waals surface area contributed by atoms with Crippen molar-refractivity contribution in [2.24, 2.45) is 4.99 Å². The molecule has 0 saturated carbocycles. The van der Waals surface area contributed by atoms with Crippen molar-refractivity contribution in [3.63, 3.8) is 0 Å². The Bertz CT molecular complexity index is 798. The monoisotopic (exact) mass is 326 g/mol. The van der Waals surface area contributed by atoms with Gasteiger partial charge in [-0.25, -0.2) is 0 Å². The van der Waals surface area contributed by atoms with Crippen molar-refractivity contribution in [3.8, 4) is 0 Å². The highest BCUT2D eigenvalue weighted by atomic mass is 32.2. The van der Waals surface area contributed by atoms with E-state index in [1.165, 1.54) is 11.8 Å². The summed E-state index contributed by atoms with van der Waals surface area (Å²) in [6.07, 6.45) is 3.66. The first-order valence-corrected chi connectivity index (χ1v) is 8.18. The highest BCUT2D eigenvalue weighted by Crippen LogP contribution is 2.26. The van der Waals surface area contributed by atoms with Crippen LogP contribution in [0.1, 0.15) is 5.56 Å². The lowest BCUT2D eigenvalue weighted by atomic mass is 10.1. The molecule has 0 bridgehead atoms. The zero-order chi connectivity index (χ0) is 16.2. The largest absolute Gasteiger partial charge is 0.308 e. The van der Waals surface area contributed by atoms with Crippen LogP contribution in [0.15, 0.2) is 46.4 Å². The summed E-state index contributed by atoms with van der Waals surface area (Å²) >= 11 is 1.39. The average Bonchev–Trinajstić information content (AvgIpc) is 2.87. The van der Waals surface area contributed by atoms with Crippen molar-refractivity contribution in [2.75, 3.05) is 27.2 Å². The first-order valence-electron chi connectivity index (χ1n) is 7.37. The molecule has 0 unspecified atom stereocenters. The lowest BCUT2D eigenvalue weighted by molar-refractivity contribution is -0.115. The molecule has 1 fully saturated rings. The second-order valence-corrected chi connectivity index (χ2v) is 6.54. The van der Waals surface area contributed by atoms with Crippen LogP contribution >= 0.6 is 11.8 Å². The normalized spacial score (nSPS) is 18.3. The molecule has 1 N–H and O–H groups in total. The Hall–Kier alpha value is -2.18. The number of rotatable bonds is 4. The Labute approximate surface area is 139 Å². The molecule has 1 amide bonds. The lowest BCUT2D eigenvalue weighted by Crippen LogP contribution is -2.21. The molecule has 1 aromatic carbocycles. The van der Waals surface area contributed by atoms with Crippen molar-refractivity contribution >= 4 is 39.8 Å². The molecule has 2 heterocycles. The number of nitrogens with one attached hydrogen (secondary N) is 1. The van der Waals surface area contributed by atoms with Crippen LogP contribution in [0.2, 0.25) is 0 Å². The van der Waals surface area contributed by atoms with Crippen LogP contribution in [0.3, 0.4) is 0 Å². The lowest BCUT2D eigenvalue weighted by Gasteiger charge is -2.05. The van der Waals surface area contributed by atoms with Crippen molar-refractivity contribution < 1.29 is 4.79 Å². The van der Waals surface area contributed by atoms with Gasteiger partial charge < -0.3 is 10.2 Å². The number of hydrogen-bond acceptors (Lipinski definition) is 5. The number of amides is 1. The van der Waals surface area contributed by atoms with Crippen molar-refractivity contribution in [2.45, 2.75) is 0 Å². The first-order chi connectivity index (χ1) is 11.1. The third-order valence-electron chi connectivity index (χ3n) is 3.38. The fourth-order valence-electron chi connectivity index (χ4n) is 2.19. The molecule has 5 nitrogen and oxygen atoms in total. The zero-order valence-corrected chi connectivity index (χ0v) is 13.9. The second kappa shape index (κ2) is 6.93. The summed E-state index contributed by atoms with van der Waals surface area (Å²) in [5, 5.41) is 4.54. The van der Waals surface area contributed by atoms with E-state index in [1.807, 2.05) is 50.5 Å². The first kappa shape index (κ1) is 15.7. The number of thioether (sulfide) groups is 1. The van der Waals surface area contributed by atoms with Gasteiger partial charge in [-0.1, -0.05) is 12.1 Å². The van der Waals surface area contributed by atoms with E-state index in [2.05, 4.69) is 20.2 Å². The topological polar surface area (TPSA) is 57.6 Å². The number of likely N-dealkylation sites (N-methyl/N-ethyl adjacent to an activating group) is 1. The standard InChI is InChI=1S/C17H18N4OS/c1-21(2)9-8-19-17-20-16(22)15(23-17)11-12-5-6-14-13(10-12)4-3-7-18-14/h3-7,10-11H,8-9H2,1-2H3,(H,19,20,22)/b15-11-. The van der Waals surface area contributed by atoms with E-state index in [4.69, 9.17) is 0 Å². The number of amidine groups is 1. The maximum Gasteiger partial charge on any atom is 0.264 e. The Morgan fingerprint density at radius 1 is 1.35 bits per heavy atom. The number of aromatic nitrogens is 1. The number of nitrogens with zero attached hydrogens (tertiary/aromatic N) is 3. The van der Waals surface area contributed by atoms with Gasteiger partial charge in [0, 0.05) is 18.1 Å². The van der Waals surface area contributed by atoms with Gasteiger partial charge >= 0.3 is 0 Å². The maximum absolute atomic E-state index is 12.0. The van der Waals surface area contributed by atoms with Crippen LogP contribution in [0, 0.1) is 0 Å². The van der Waals surface area contributed by atoms with Gasteiger partial charge in [-0.15, -0.1) is 0 Å². The van der Waals surface area contributed by atoms with Crippen molar-refractivity contribution in [1.29, 1.82) is 0 Å². The summed E-state index contributed by atoms with van der Waals surface area (Å²) in [6, 6.07) is 9.89. The second-order valence-electron chi connectivity index (χ2n) is 5.51. The molecular formula is C17H18N4OS. The minimum atomic E-state index is -0.0927. The molecule has 3 rings (SSSR count). The summed E-state index contributed by atoms with van der Waals surface area (Å²) in [7, 11) is 4.00. The van der Waals surface area contributed by atoms with Gasteiger partial charge in [0.2, 0.25) is 0 Å². The summed E-state index contributed by atoms with van der Waals surface area (Å²) in [4.78, 5) is 23.5. The summed E-state index contributed by atoms with van der Waals surface area (Å²) in [5.41, 5.74) is 1.93. The number of benzene rings is 1. The van der Waals surface area contributed by atoms with E-state index in [-0.39, 0.29) is 5.91 Å². The van der Waals surface area contributed by atoms with Gasteiger partial charge in [0.15, 0.2) is 5.17 Å². The molecule has 0 radical (unpaired) electrons. The number of aliphatic imine (C=N–C) groups is 1. The number of pyridine rings is 1. The predicted octanol–water partition coefficient (Wildman–Crippen LogP) is 2.36. The fourth-order valence-corrected chi connectivity index (χ4v) is 3.03. The molecule has 23 heavy (non-hydrogen) atoms. The minimum absolute atomic E-state index is 0.0927. The smallest absolute Gasteiger partial charge is 0.264 e. The van der Waals surface area contributed by atoms with E-state index < -0.39 is 0 Å². The van der Waals surface area contributed by atoms with Gasteiger partial charge in [0.25, 0.3) is 5.91 Å². The fraction of sp³-hybridized carbons (Fsp3) is 0.235. The Morgan fingerprint density at radius 3 is 3.04 bits per heavy atom. The van der Waals surface area contributed by atoms with Crippen molar-refractivity contribution in [3.05, 3.63) is 47.0 Å². The molecule has 1 aliphatic heterocycles. The molecule has 1 saturated heterocycles. The summed E-state index contributed by atoms with van der Waals surface area (Å²) in [5.74, 6) is -0.0927. The molecule has 118 valence electrons. The zero-order valence-electron chi connectivity index (χ0n) is 13.1. The molecule has 6 heteroatoms. The van der Waals surface area contributed by atoms with Crippen LogP contribution in [0.25, 0.3) is 17.0 Å².